The maximum absolute atomic E-state index is 5.45. The van der Waals surface area contributed by atoms with Gasteiger partial charge in [0.2, 0.25) is 5.89 Å². The highest BCUT2D eigenvalue weighted by Crippen LogP contribution is 2.41. The van der Waals surface area contributed by atoms with Gasteiger partial charge in [0.15, 0.2) is 5.82 Å². The van der Waals surface area contributed by atoms with Gasteiger partial charge in [-0.25, -0.2) is 0 Å². The molecule has 122 valence electrons. The summed E-state index contributed by atoms with van der Waals surface area (Å²) in [5, 5.41) is 13.1. The average molecular weight is 314 g/mol. The Morgan fingerprint density at radius 2 is 1.91 bits per heavy atom. The Morgan fingerprint density at radius 3 is 2.70 bits per heavy atom. The molecule has 2 aliphatic carbocycles. The second-order valence-electron chi connectivity index (χ2n) is 7.20. The molecule has 0 N–H and O–H groups in total. The van der Waals surface area contributed by atoms with E-state index >= 15 is 0 Å². The van der Waals surface area contributed by atoms with E-state index in [0.29, 0.717) is 11.8 Å². The topological polar surface area (TPSA) is 72.9 Å². The molecule has 5 rings (SSSR count). The number of rotatable bonds is 5. The fourth-order valence-electron chi connectivity index (χ4n) is 3.58. The Labute approximate surface area is 135 Å². The number of nitrogens with zero attached hydrogens (tertiary/aromatic N) is 6. The number of aromatic nitrogens is 5. The molecule has 3 fully saturated rings. The molecule has 0 unspecified atom stereocenters. The first kappa shape index (κ1) is 13.7. The van der Waals surface area contributed by atoms with Gasteiger partial charge in [-0.1, -0.05) is 5.16 Å². The Morgan fingerprint density at radius 1 is 1.09 bits per heavy atom. The molecule has 3 aliphatic rings. The fraction of sp³-hybridized carbons (Fsp3) is 0.750. The van der Waals surface area contributed by atoms with Crippen molar-refractivity contribution in [1.29, 1.82) is 0 Å². The van der Waals surface area contributed by atoms with Gasteiger partial charge in [0.25, 0.3) is 0 Å². The predicted octanol–water partition coefficient (Wildman–Crippen LogP) is 2.29. The van der Waals surface area contributed by atoms with Crippen LogP contribution >= 0.6 is 0 Å². The van der Waals surface area contributed by atoms with Crippen LogP contribution in [0.15, 0.2) is 4.52 Å². The van der Waals surface area contributed by atoms with Gasteiger partial charge in [-0.3, -0.25) is 4.90 Å². The SMILES string of the molecule is Cn1c(CN2CCC[C@@H]2c2noc(C3CC3)n2)nnc1C1CC1. The fourth-order valence-corrected chi connectivity index (χ4v) is 3.58. The highest BCUT2D eigenvalue weighted by atomic mass is 16.5. The highest BCUT2D eigenvalue weighted by Gasteiger charge is 2.35. The van der Waals surface area contributed by atoms with Crippen molar-refractivity contribution in [3.8, 4) is 0 Å². The largest absolute Gasteiger partial charge is 0.339 e. The summed E-state index contributed by atoms with van der Waals surface area (Å²) in [5.41, 5.74) is 0. The first-order chi connectivity index (χ1) is 11.3. The van der Waals surface area contributed by atoms with Crippen LogP contribution in [0.1, 0.15) is 79.8 Å². The minimum atomic E-state index is 0.257. The molecule has 2 aromatic rings. The maximum atomic E-state index is 5.45. The minimum Gasteiger partial charge on any atom is -0.339 e. The van der Waals surface area contributed by atoms with E-state index in [1.807, 2.05) is 0 Å². The normalized spacial score (nSPS) is 25.3. The Kier molecular flexibility index (Phi) is 3.04. The van der Waals surface area contributed by atoms with Crippen molar-refractivity contribution in [3.63, 3.8) is 0 Å². The Bertz CT molecular complexity index is 714. The zero-order valence-electron chi connectivity index (χ0n) is 13.5. The van der Waals surface area contributed by atoms with E-state index in [-0.39, 0.29) is 6.04 Å². The van der Waals surface area contributed by atoms with Crippen molar-refractivity contribution in [3.05, 3.63) is 23.4 Å². The standard InChI is InChI=1S/C16H22N6O/c1-21-13(18-19-15(21)10-4-5-10)9-22-8-2-3-12(22)14-17-16(23-20-14)11-6-7-11/h10-12H,2-9H2,1H3/t12-/m1/s1. The lowest BCUT2D eigenvalue weighted by atomic mass is 10.2. The molecule has 0 bridgehead atoms. The molecule has 0 aromatic carbocycles. The van der Waals surface area contributed by atoms with E-state index in [9.17, 15) is 0 Å². The lowest BCUT2D eigenvalue weighted by Crippen LogP contribution is -2.25. The summed E-state index contributed by atoms with van der Waals surface area (Å²) >= 11 is 0. The first-order valence-corrected chi connectivity index (χ1v) is 8.75. The van der Waals surface area contributed by atoms with Crippen LogP contribution in [0.2, 0.25) is 0 Å². The van der Waals surface area contributed by atoms with Crippen LogP contribution in [0.4, 0.5) is 0 Å². The molecular formula is C16H22N6O. The van der Waals surface area contributed by atoms with Gasteiger partial charge in [0.1, 0.15) is 11.6 Å². The van der Waals surface area contributed by atoms with Gasteiger partial charge >= 0.3 is 0 Å². The summed E-state index contributed by atoms with van der Waals surface area (Å²) in [6.45, 7) is 1.87. The molecule has 23 heavy (non-hydrogen) atoms. The van der Waals surface area contributed by atoms with E-state index in [1.165, 1.54) is 32.1 Å². The summed E-state index contributed by atoms with van der Waals surface area (Å²) in [6, 6.07) is 0.257. The van der Waals surface area contributed by atoms with Crippen molar-refractivity contribution in [2.24, 2.45) is 7.05 Å². The summed E-state index contributed by atoms with van der Waals surface area (Å²) in [6.07, 6.45) is 7.16. The van der Waals surface area contributed by atoms with Crippen LogP contribution in [0, 0.1) is 0 Å². The molecule has 3 heterocycles. The molecular weight excluding hydrogens is 292 g/mol. The first-order valence-electron chi connectivity index (χ1n) is 8.75. The van der Waals surface area contributed by atoms with E-state index in [2.05, 4.69) is 36.9 Å². The predicted molar refractivity (Wildman–Crippen MR) is 81.6 cm³/mol. The third kappa shape index (κ3) is 2.47. The van der Waals surface area contributed by atoms with Crippen LogP contribution < -0.4 is 0 Å². The lowest BCUT2D eigenvalue weighted by Gasteiger charge is -2.21. The van der Waals surface area contributed by atoms with Gasteiger partial charge in [0, 0.05) is 18.9 Å². The zero-order valence-corrected chi connectivity index (χ0v) is 13.5. The van der Waals surface area contributed by atoms with Crippen molar-refractivity contribution in [2.75, 3.05) is 6.54 Å². The molecule has 1 saturated heterocycles. The number of likely N-dealkylation sites (tertiary alicyclic amines) is 1. The van der Waals surface area contributed by atoms with E-state index in [1.54, 1.807) is 0 Å². The van der Waals surface area contributed by atoms with E-state index in [0.717, 1.165) is 42.9 Å². The quantitative estimate of drug-likeness (QED) is 0.843. The second kappa shape index (κ2) is 5.12. The van der Waals surface area contributed by atoms with Crippen molar-refractivity contribution >= 4 is 0 Å². The third-order valence-corrected chi connectivity index (χ3v) is 5.33. The van der Waals surface area contributed by atoms with Gasteiger partial charge < -0.3 is 9.09 Å². The maximum Gasteiger partial charge on any atom is 0.229 e. The van der Waals surface area contributed by atoms with Gasteiger partial charge in [-0.2, -0.15) is 4.98 Å². The van der Waals surface area contributed by atoms with Crippen LogP contribution in [0.25, 0.3) is 0 Å². The minimum absolute atomic E-state index is 0.257. The molecule has 1 atom stereocenters. The zero-order chi connectivity index (χ0) is 15.4. The van der Waals surface area contributed by atoms with Gasteiger partial charge in [-0.15, -0.1) is 10.2 Å². The molecule has 1 aliphatic heterocycles. The number of hydrogen-bond acceptors (Lipinski definition) is 6. The van der Waals surface area contributed by atoms with Gasteiger partial charge in [0.05, 0.1) is 12.6 Å². The molecule has 0 radical (unpaired) electrons. The summed E-state index contributed by atoms with van der Waals surface area (Å²) in [4.78, 5) is 7.07. The van der Waals surface area contributed by atoms with Crippen molar-refractivity contribution in [1.82, 2.24) is 29.8 Å². The van der Waals surface area contributed by atoms with Crippen molar-refractivity contribution < 1.29 is 4.52 Å². The van der Waals surface area contributed by atoms with E-state index < -0.39 is 0 Å². The number of hydrogen-bond donors (Lipinski definition) is 0. The van der Waals surface area contributed by atoms with Crippen LogP contribution in [0.5, 0.6) is 0 Å². The van der Waals surface area contributed by atoms with Crippen LogP contribution in [-0.2, 0) is 13.6 Å². The molecule has 2 aromatic heterocycles. The summed E-state index contributed by atoms with van der Waals surface area (Å²) in [5.74, 6) is 5.03. The highest BCUT2D eigenvalue weighted by molar-refractivity contribution is 5.09. The van der Waals surface area contributed by atoms with Crippen molar-refractivity contribution in [2.45, 2.75) is 62.9 Å². The molecule has 7 nitrogen and oxygen atoms in total. The second-order valence-corrected chi connectivity index (χ2v) is 7.20. The van der Waals surface area contributed by atoms with E-state index in [4.69, 9.17) is 4.52 Å². The monoisotopic (exact) mass is 314 g/mol. The Hall–Kier alpha value is -1.76. The molecule has 0 amide bonds. The Balaban J connectivity index is 1.34. The van der Waals surface area contributed by atoms with Gasteiger partial charge in [-0.05, 0) is 45.1 Å². The average Bonchev–Trinajstić information content (AvgIpc) is 3.45. The summed E-state index contributed by atoms with van der Waals surface area (Å²) < 4.78 is 7.63. The van der Waals surface area contributed by atoms with Crippen LogP contribution in [-0.4, -0.2) is 36.3 Å². The third-order valence-electron chi connectivity index (χ3n) is 5.33. The summed E-state index contributed by atoms with van der Waals surface area (Å²) in [7, 11) is 2.09. The molecule has 0 spiro atoms. The molecule has 7 heteroatoms. The smallest absolute Gasteiger partial charge is 0.229 e. The lowest BCUT2D eigenvalue weighted by molar-refractivity contribution is 0.226. The molecule has 2 saturated carbocycles. The van der Waals surface area contributed by atoms with Crippen LogP contribution in [0.3, 0.4) is 0 Å².